The molecule has 0 aromatic carbocycles. The highest BCUT2D eigenvalue weighted by Crippen LogP contribution is 2.53. The standard InChI is InChI=1S/C13H23N3/c1-16-9-8-14-12(16)15-10-13(6-3-7-13)11-4-2-5-11/h11H,2-10H2,1H3,(H,14,15). The number of aliphatic imine (C=N–C) groups is 1. The van der Waals surface area contributed by atoms with Crippen molar-refractivity contribution in [1.82, 2.24) is 10.2 Å². The molecule has 3 rings (SSSR count). The Morgan fingerprint density at radius 1 is 1.38 bits per heavy atom. The van der Waals surface area contributed by atoms with Gasteiger partial charge in [-0.3, -0.25) is 4.99 Å². The Bertz CT molecular complexity index is 290. The van der Waals surface area contributed by atoms with E-state index in [1.165, 1.54) is 45.1 Å². The molecule has 0 bridgehead atoms. The number of guanidine groups is 1. The van der Waals surface area contributed by atoms with Crippen LogP contribution in [0.15, 0.2) is 4.99 Å². The highest BCUT2D eigenvalue weighted by Gasteiger charge is 2.46. The monoisotopic (exact) mass is 221 g/mol. The van der Waals surface area contributed by atoms with Gasteiger partial charge in [0.25, 0.3) is 0 Å². The zero-order chi connectivity index (χ0) is 11.0. The summed E-state index contributed by atoms with van der Waals surface area (Å²) in [4.78, 5) is 6.76. The predicted molar refractivity (Wildman–Crippen MR) is 66.6 cm³/mol. The summed E-state index contributed by atoms with van der Waals surface area (Å²) in [6.07, 6.45) is 8.76. The number of nitrogens with one attached hydrogen (secondary N) is 1. The van der Waals surface area contributed by atoms with Crippen molar-refractivity contribution >= 4 is 5.96 Å². The van der Waals surface area contributed by atoms with Gasteiger partial charge in [0.2, 0.25) is 0 Å². The van der Waals surface area contributed by atoms with E-state index in [0.717, 1.165) is 25.0 Å². The molecule has 1 heterocycles. The number of rotatable bonds is 3. The molecule has 3 heteroatoms. The van der Waals surface area contributed by atoms with Gasteiger partial charge in [0.15, 0.2) is 5.96 Å². The van der Waals surface area contributed by atoms with Crippen molar-refractivity contribution in [2.24, 2.45) is 16.3 Å². The van der Waals surface area contributed by atoms with Crippen LogP contribution in [0.5, 0.6) is 0 Å². The van der Waals surface area contributed by atoms with E-state index in [4.69, 9.17) is 0 Å². The SMILES string of the molecule is CN1CCN=C1NCC1(C2CCC2)CCC1. The molecule has 0 unspecified atom stereocenters. The summed E-state index contributed by atoms with van der Waals surface area (Å²) >= 11 is 0. The van der Waals surface area contributed by atoms with Crippen LogP contribution in [-0.2, 0) is 0 Å². The minimum Gasteiger partial charge on any atom is -0.356 e. The van der Waals surface area contributed by atoms with Gasteiger partial charge in [-0.15, -0.1) is 0 Å². The fourth-order valence-corrected chi connectivity index (χ4v) is 3.36. The first-order chi connectivity index (χ1) is 7.80. The van der Waals surface area contributed by atoms with Crippen molar-refractivity contribution in [3.05, 3.63) is 0 Å². The first-order valence-corrected chi connectivity index (χ1v) is 6.80. The van der Waals surface area contributed by atoms with Crippen LogP contribution in [0, 0.1) is 11.3 Å². The normalized spacial score (nSPS) is 28.3. The fraction of sp³-hybridized carbons (Fsp3) is 0.923. The topological polar surface area (TPSA) is 27.6 Å². The fourth-order valence-electron chi connectivity index (χ4n) is 3.36. The minimum absolute atomic E-state index is 0.643. The summed E-state index contributed by atoms with van der Waals surface area (Å²) < 4.78 is 0. The molecule has 0 aromatic heterocycles. The molecule has 2 fully saturated rings. The summed E-state index contributed by atoms with van der Waals surface area (Å²) in [5.74, 6) is 2.15. The number of likely N-dealkylation sites (N-methyl/N-ethyl adjacent to an activating group) is 1. The first kappa shape index (κ1) is 10.4. The number of hydrogen-bond acceptors (Lipinski definition) is 3. The van der Waals surface area contributed by atoms with Crippen LogP contribution in [0.3, 0.4) is 0 Å². The largest absolute Gasteiger partial charge is 0.356 e. The van der Waals surface area contributed by atoms with Gasteiger partial charge < -0.3 is 10.2 Å². The lowest BCUT2D eigenvalue weighted by Gasteiger charge is -2.52. The Balaban J connectivity index is 1.56. The first-order valence-electron chi connectivity index (χ1n) is 6.80. The van der Waals surface area contributed by atoms with E-state index in [1.54, 1.807) is 0 Å². The Kier molecular flexibility index (Phi) is 2.56. The van der Waals surface area contributed by atoms with E-state index in [2.05, 4.69) is 22.3 Å². The molecule has 0 amide bonds. The molecule has 0 saturated heterocycles. The lowest BCUT2D eigenvalue weighted by atomic mass is 9.55. The van der Waals surface area contributed by atoms with Crippen LogP contribution < -0.4 is 5.32 Å². The molecule has 0 aromatic rings. The third-order valence-corrected chi connectivity index (χ3v) is 4.98. The third-order valence-electron chi connectivity index (χ3n) is 4.98. The van der Waals surface area contributed by atoms with Gasteiger partial charge in [0, 0.05) is 20.1 Å². The average Bonchev–Trinajstić information content (AvgIpc) is 2.52. The van der Waals surface area contributed by atoms with Gasteiger partial charge in [-0.25, -0.2) is 0 Å². The summed E-state index contributed by atoms with van der Waals surface area (Å²) in [7, 11) is 2.13. The zero-order valence-corrected chi connectivity index (χ0v) is 10.3. The Morgan fingerprint density at radius 3 is 2.62 bits per heavy atom. The summed E-state index contributed by atoms with van der Waals surface area (Å²) in [6.45, 7) is 3.22. The maximum absolute atomic E-state index is 4.51. The lowest BCUT2D eigenvalue weighted by Crippen LogP contribution is -2.50. The molecule has 1 N–H and O–H groups in total. The van der Waals surface area contributed by atoms with Gasteiger partial charge >= 0.3 is 0 Å². The Hall–Kier alpha value is -0.730. The highest BCUT2D eigenvalue weighted by molar-refractivity contribution is 5.81. The second-order valence-corrected chi connectivity index (χ2v) is 5.82. The maximum Gasteiger partial charge on any atom is 0.193 e. The molecule has 0 atom stereocenters. The van der Waals surface area contributed by atoms with E-state index >= 15 is 0 Å². The minimum atomic E-state index is 0.643. The molecular weight excluding hydrogens is 198 g/mol. The van der Waals surface area contributed by atoms with Crippen LogP contribution in [0.2, 0.25) is 0 Å². The maximum atomic E-state index is 4.51. The lowest BCUT2D eigenvalue weighted by molar-refractivity contribution is 0.00649. The second-order valence-electron chi connectivity index (χ2n) is 5.82. The van der Waals surface area contributed by atoms with Crippen LogP contribution in [0.25, 0.3) is 0 Å². The third kappa shape index (κ3) is 1.61. The molecule has 2 aliphatic carbocycles. The number of hydrogen-bond donors (Lipinski definition) is 1. The predicted octanol–water partition coefficient (Wildman–Crippen LogP) is 1.85. The van der Waals surface area contributed by atoms with Gasteiger partial charge in [-0.2, -0.15) is 0 Å². The zero-order valence-electron chi connectivity index (χ0n) is 10.3. The van der Waals surface area contributed by atoms with Crippen LogP contribution in [0.1, 0.15) is 38.5 Å². The molecule has 90 valence electrons. The van der Waals surface area contributed by atoms with Crippen molar-refractivity contribution in [3.8, 4) is 0 Å². The Labute approximate surface area is 98.3 Å². The smallest absolute Gasteiger partial charge is 0.193 e. The second kappa shape index (κ2) is 3.94. The van der Waals surface area contributed by atoms with E-state index in [1.807, 2.05) is 0 Å². The molecule has 3 nitrogen and oxygen atoms in total. The van der Waals surface area contributed by atoms with Crippen molar-refractivity contribution < 1.29 is 0 Å². The van der Waals surface area contributed by atoms with E-state index in [0.29, 0.717) is 5.41 Å². The summed E-state index contributed by atoms with van der Waals surface area (Å²) in [5, 5.41) is 3.60. The Morgan fingerprint density at radius 2 is 2.19 bits per heavy atom. The molecule has 2 saturated carbocycles. The van der Waals surface area contributed by atoms with Gasteiger partial charge in [-0.1, -0.05) is 12.8 Å². The molecule has 3 aliphatic rings. The van der Waals surface area contributed by atoms with Gasteiger partial charge in [-0.05, 0) is 37.0 Å². The summed E-state index contributed by atoms with van der Waals surface area (Å²) in [5.41, 5.74) is 0.643. The summed E-state index contributed by atoms with van der Waals surface area (Å²) in [6, 6.07) is 0. The van der Waals surface area contributed by atoms with Gasteiger partial charge in [0.05, 0.1) is 6.54 Å². The quantitative estimate of drug-likeness (QED) is 0.787. The van der Waals surface area contributed by atoms with Crippen molar-refractivity contribution in [2.45, 2.75) is 38.5 Å². The molecule has 1 aliphatic heterocycles. The average molecular weight is 221 g/mol. The van der Waals surface area contributed by atoms with Crippen molar-refractivity contribution in [3.63, 3.8) is 0 Å². The molecule has 16 heavy (non-hydrogen) atoms. The van der Waals surface area contributed by atoms with Crippen LogP contribution in [-0.4, -0.2) is 37.5 Å². The highest BCUT2D eigenvalue weighted by atomic mass is 15.3. The van der Waals surface area contributed by atoms with E-state index < -0.39 is 0 Å². The molecule has 0 spiro atoms. The molecule has 0 radical (unpaired) electrons. The van der Waals surface area contributed by atoms with Gasteiger partial charge in [0.1, 0.15) is 0 Å². The molecular formula is C13H23N3. The van der Waals surface area contributed by atoms with Crippen molar-refractivity contribution in [1.29, 1.82) is 0 Å². The van der Waals surface area contributed by atoms with Crippen LogP contribution in [0.4, 0.5) is 0 Å². The van der Waals surface area contributed by atoms with Crippen molar-refractivity contribution in [2.75, 3.05) is 26.7 Å². The van der Waals surface area contributed by atoms with Crippen LogP contribution >= 0.6 is 0 Å². The number of nitrogens with zero attached hydrogens (tertiary/aromatic N) is 2. The van der Waals surface area contributed by atoms with E-state index in [-0.39, 0.29) is 0 Å². The van der Waals surface area contributed by atoms with E-state index in [9.17, 15) is 0 Å².